The number of amides is 2. The lowest BCUT2D eigenvalue weighted by Gasteiger charge is -2.32. The Morgan fingerprint density at radius 2 is 1.66 bits per heavy atom. The second-order valence-electron chi connectivity index (χ2n) is 9.60. The van der Waals surface area contributed by atoms with Crippen molar-refractivity contribution in [1.29, 1.82) is 0 Å². The molecule has 8 nitrogen and oxygen atoms in total. The summed E-state index contributed by atoms with van der Waals surface area (Å²) >= 11 is 4.96. The highest BCUT2D eigenvalue weighted by Gasteiger charge is 2.32. The van der Waals surface area contributed by atoms with E-state index in [1.165, 1.54) is 28.8 Å². The van der Waals surface area contributed by atoms with Crippen LogP contribution in [0.4, 0.5) is 5.69 Å². The lowest BCUT2D eigenvalue weighted by Crippen LogP contribution is -2.52. The highest BCUT2D eigenvalue weighted by atomic mass is 79.9. The molecule has 1 N–H and O–H groups in total. The first kappa shape index (κ1) is 32.5. The van der Waals surface area contributed by atoms with Gasteiger partial charge in [0.05, 0.1) is 17.2 Å². The first-order chi connectivity index (χ1) is 19.5. The lowest BCUT2D eigenvalue weighted by molar-refractivity contribution is -0.139. The Balaban J connectivity index is 2.04. The van der Waals surface area contributed by atoms with Gasteiger partial charge >= 0.3 is 0 Å². The molecule has 0 radical (unpaired) electrons. The predicted molar refractivity (Wildman–Crippen MR) is 168 cm³/mol. The number of halogens is 1. The maximum atomic E-state index is 14.0. The van der Waals surface area contributed by atoms with E-state index in [9.17, 15) is 18.0 Å². The van der Waals surface area contributed by atoms with Gasteiger partial charge in [-0.25, -0.2) is 8.42 Å². The summed E-state index contributed by atoms with van der Waals surface area (Å²) in [5.41, 5.74) is 1.09. The summed E-state index contributed by atoms with van der Waals surface area (Å²) in [7, 11) is -4.15. The third kappa shape index (κ3) is 8.73. The summed E-state index contributed by atoms with van der Waals surface area (Å²) < 4.78 is 35.4. The van der Waals surface area contributed by atoms with Crippen LogP contribution in [0.1, 0.15) is 33.3 Å². The molecule has 3 rings (SSSR count). The van der Waals surface area contributed by atoms with Crippen LogP contribution in [0, 0.1) is 0 Å². The van der Waals surface area contributed by atoms with Gasteiger partial charge in [0.2, 0.25) is 11.8 Å². The number of hydrogen-bond donors (Lipinski definition) is 1. The number of carbonyl (C=O) groups excluding carboxylic acids is 2. The number of ether oxygens (including phenoxy) is 1. The zero-order chi connectivity index (χ0) is 30.2. The molecule has 1 unspecified atom stereocenters. The average Bonchev–Trinajstić information content (AvgIpc) is 2.94. The lowest BCUT2D eigenvalue weighted by atomic mass is 10.1. The van der Waals surface area contributed by atoms with Crippen LogP contribution in [-0.2, 0) is 26.2 Å². The number of anilines is 1. The van der Waals surface area contributed by atoms with E-state index in [1.54, 1.807) is 43.3 Å². The van der Waals surface area contributed by atoms with Crippen LogP contribution in [0.3, 0.4) is 0 Å². The number of benzene rings is 3. The van der Waals surface area contributed by atoms with Crippen molar-refractivity contribution in [3.63, 3.8) is 0 Å². The minimum atomic E-state index is -4.15. The van der Waals surface area contributed by atoms with Crippen LogP contribution in [0.15, 0.2) is 87.1 Å². The summed E-state index contributed by atoms with van der Waals surface area (Å²) in [6.07, 6.45) is 1.91. The normalized spacial score (nSPS) is 12.1. The van der Waals surface area contributed by atoms with Crippen LogP contribution < -0.4 is 14.4 Å². The van der Waals surface area contributed by atoms with Gasteiger partial charge in [0.1, 0.15) is 18.3 Å². The zero-order valence-electron chi connectivity index (χ0n) is 23.8. The molecule has 2 amide bonds. The number of hydrogen-bond acceptors (Lipinski definition) is 6. The molecule has 11 heteroatoms. The van der Waals surface area contributed by atoms with Crippen LogP contribution >= 0.6 is 27.7 Å². The Kier molecular flexibility index (Phi) is 11.7. The summed E-state index contributed by atoms with van der Waals surface area (Å²) in [5, 5.41) is 2.86. The molecule has 0 aliphatic heterocycles. The fourth-order valence-corrected chi connectivity index (χ4v) is 6.37. The third-order valence-electron chi connectivity index (χ3n) is 6.20. The van der Waals surface area contributed by atoms with E-state index in [-0.39, 0.29) is 23.4 Å². The Morgan fingerprint density at radius 3 is 2.22 bits per heavy atom. The van der Waals surface area contributed by atoms with Crippen molar-refractivity contribution in [2.75, 3.05) is 23.7 Å². The van der Waals surface area contributed by atoms with E-state index in [4.69, 9.17) is 4.74 Å². The van der Waals surface area contributed by atoms with Crippen molar-refractivity contribution in [3.05, 3.63) is 82.8 Å². The van der Waals surface area contributed by atoms with Gasteiger partial charge in [0.25, 0.3) is 10.0 Å². The first-order valence-corrected chi connectivity index (χ1v) is 16.7. The first-order valence-electron chi connectivity index (χ1n) is 13.2. The second kappa shape index (κ2) is 14.7. The summed E-state index contributed by atoms with van der Waals surface area (Å²) in [4.78, 5) is 29.4. The minimum absolute atomic E-state index is 0.0566. The quantitative estimate of drug-likeness (QED) is 0.236. The Bertz CT molecular complexity index is 1430. The Morgan fingerprint density at radius 1 is 1.00 bits per heavy atom. The molecule has 0 aliphatic rings. The molecular formula is C30H36BrN3O5S2. The van der Waals surface area contributed by atoms with Gasteiger partial charge in [-0.05, 0) is 100 Å². The van der Waals surface area contributed by atoms with E-state index >= 15 is 0 Å². The molecule has 1 atom stereocenters. The maximum Gasteiger partial charge on any atom is 0.264 e. The standard InChI is InChI=1S/C30H36BrN3O5S2/c1-6-39-26-12-10-25(11-13-26)34(41(37,38)28-16-14-27(40-5)15-17-28)20-29(35)33(22(4)30(36)32-21(2)3)19-23-8-7-9-24(31)18-23/h7-18,21-22H,6,19-20H2,1-5H3,(H,32,36). The number of sulfonamides is 1. The average molecular weight is 663 g/mol. The second-order valence-corrected chi connectivity index (χ2v) is 13.3. The smallest absolute Gasteiger partial charge is 0.264 e. The van der Waals surface area contributed by atoms with Crippen molar-refractivity contribution in [2.24, 2.45) is 0 Å². The topological polar surface area (TPSA) is 96.0 Å². The van der Waals surface area contributed by atoms with E-state index in [1.807, 2.05) is 51.3 Å². The SMILES string of the molecule is CCOc1ccc(N(CC(=O)N(Cc2cccc(Br)c2)C(C)C(=O)NC(C)C)S(=O)(=O)c2ccc(SC)cc2)cc1. The molecule has 0 aliphatic carbocycles. The minimum Gasteiger partial charge on any atom is -0.494 e. The van der Waals surface area contributed by atoms with Gasteiger partial charge in [-0.2, -0.15) is 0 Å². The van der Waals surface area contributed by atoms with Crippen molar-refractivity contribution < 1.29 is 22.7 Å². The predicted octanol–water partition coefficient (Wildman–Crippen LogP) is 5.71. The molecule has 0 bridgehead atoms. The molecule has 0 fully saturated rings. The molecule has 220 valence electrons. The third-order valence-corrected chi connectivity index (χ3v) is 9.23. The Labute approximate surface area is 255 Å². The van der Waals surface area contributed by atoms with Crippen LogP contribution in [0.5, 0.6) is 5.75 Å². The summed E-state index contributed by atoms with van der Waals surface area (Å²) in [6.45, 7) is 7.25. The van der Waals surface area contributed by atoms with E-state index in [0.717, 1.165) is 19.2 Å². The van der Waals surface area contributed by atoms with Crippen LogP contribution in [-0.4, -0.2) is 56.6 Å². The van der Waals surface area contributed by atoms with Crippen molar-refractivity contribution in [3.8, 4) is 5.75 Å². The van der Waals surface area contributed by atoms with Crippen molar-refractivity contribution >= 4 is 55.2 Å². The van der Waals surface area contributed by atoms with Gasteiger partial charge in [-0.15, -0.1) is 11.8 Å². The number of nitrogens with zero attached hydrogens (tertiary/aromatic N) is 2. The summed E-state index contributed by atoms with van der Waals surface area (Å²) in [6, 6.07) is 19.5. The molecule has 0 spiro atoms. The maximum absolute atomic E-state index is 14.0. The number of nitrogens with one attached hydrogen (secondary N) is 1. The number of rotatable bonds is 13. The van der Waals surface area contributed by atoms with Gasteiger partial charge in [-0.3, -0.25) is 13.9 Å². The van der Waals surface area contributed by atoms with Crippen molar-refractivity contribution in [2.45, 2.75) is 56.1 Å². The monoisotopic (exact) mass is 661 g/mol. The molecule has 0 saturated heterocycles. The van der Waals surface area contributed by atoms with Gasteiger partial charge in [0.15, 0.2) is 0 Å². The van der Waals surface area contributed by atoms with E-state index < -0.39 is 28.5 Å². The molecule has 0 saturated carbocycles. The van der Waals surface area contributed by atoms with Gasteiger partial charge in [-0.1, -0.05) is 28.1 Å². The van der Waals surface area contributed by atoms with Gasteiger partial charge in [0, 0.05) is 22.0 Å². The molecule has 3 aromatic rings. The number of carbonyl (C=O) groups is 2. The fraction of sp³-hybridized carbons (Fsp3) is 0.333. The van der Waals surface area contributed by atoms with Crippen molar-refractivity contribution in [1.82, 2.24) is 10.2 Å². The van der Waals surface area contributed by atoms with Gasteiger partial charge < -0.3 is 15.0 Å². The molecule has 3 aromatic carbocycles. The molecular weight excluding hydrogens is 626 g/mol. The van der Waals surface area contributed by atoms with E-state index in [0.29, 0.717) is 18.0 Å². The fourth-order valence-electron chi connectivity index (χ4n) is 4.10. The molecule has 0 aromatic heterocycles. The van der Waals surface area contributed by atoms with Crippen LogP contribution in [0.2, 0.25) is 0 Å². The van der Waals surface area contributed by atoms with Crippen LogP contribution in [0.25, 0.3) is 0 Å². The largest absolute Gasteiger partial charge is 0.494 e. The molecule has 0 heterocycles. The zero-order valence-corrected chi connectivity index (χ0v) is 27.1. The Hall–Kier alpha value is -3.02. The van der Waals surface area contributed by atoms with E-state index in [2.05, 4.69) is 21.2 Å². The molecule has 41 heavy (non-hydrogen) atoms. The summed E-state index contributed by atoms with van der Waals surface area (Å²) in [5.74, 6) is -0.263. The number of thioether (sulfide) groups is 1. The highest BCUT2D eigenvalue weighted by molar-refractivity contribution is 9.10. The highest BCUT2D eigenvalue weighted by Crippen LogP contribution is 2.28.